The molecule has 0 N–H and O–H groups in total. The van der Waals surface area contributed by atoms with Crippen molar-refractivity contribution in [3.63, 3.8) is 0 Å². The summed E-state index contributed by atoms with van der Waals surface area (Å²) in [6.45, 7) is 7.21. The molecule has 1 heterocycles. The Morgan fingerprint density at radius 2 is 1.77 bits per heavy atom. The Kier molecular flexibility index (Phi) is 6.25. The predicted molar refractivity (Wildman–Crippen MR) is 125 cm³/mol. The number of para-hydroxylation sites is 1. The van der Waals surface area contributed by atoms with Crippen molar-refractivity contribution >= 4 is 44.7 Å². The van der Waals surface area contributed by atoms with Gasteiger partial charge in [0, 0.05) is 9.89 Å². The van der Waals surface area contributed by atoms with E-state index < -0.39 is 5.41 Å². The van der Waals surface area contributed by atoms with Gasteiger partial charge in [-0.3, -0.25) is 14.2 Å². The number of benzene rings is 2. The molecule has 0 aliphatic carbocycles. The molecule has 2 aromatic carbocycles. The number of aryl methyl sites for hydroxylation is 1. The standard InChI is InChI=1S/C24H21BrN2O2S/c1-15-7-5-6-8-19(15)27-22(29)20(13-16-9-11-17(25)12-10-16)30-23(27)18(14-26)21(28)24(2,3)4/h5-13H,1-4H3/b20-13-,23-18-. The summed E-state index contributed by atoms with van der Waals surface area (Å²) >= 11 is 4.58. The Bertz CT molecular complexity index is 1330. The molecule has 3 aromatic rings. The van der Waals surface area contributed by atoms with Gasteiger partial charge in [0.25, 0.3) is 5.56 Å². The number of ketones is 1. The number of nitriles is 1. The summed E-state index contributed by atoms with van der Waals surface area (Å²) in [5, 5.41) is 9.84. The molecule has 3 rings (SSSR count). The van der Waals surface area contributed by atoms with Crippen molar-refractivity contribution in [2.45, 2.75) is 27.7 Å². The SMILES string of the molecule is Cc1ccccc1-n1c(=O)/c(=C/c2ccc(Br)cc2)s/c1=C(/C#N)C(=O)C(C)(C)C. The molecule has 0 aliphatic heterocycles. The van der Waals surface area contributed by atoms with E-state index in [0.717, 1.165) is 15.6 Å². The molecule has 30 heavy (non-hydrogen) atoms. The molecule has 0 unspecified atom stereocenters. The Balaban J connectivity index is 2.45. The van der Waals surface area contributed by atoms with Crippen molar-refractivity contribution in [1.29, 1.82) is 5.26 Å². The molecule has 0 fully saturated rings. The number of hydrogen-bond donors (Lipinski definition) is 0. The van der Waals surface area contributed by atoms with Gasteiger partial charge in [-0.25, -0.2) is 0 Å². The predicted octanol–water partition coefficient (Wildman–Crippen LogP) is 4.09. The number of Topliss-reactive ketones (excluding diaryl/α,β-unsaturated/α-hetero) is 1. The van der Waals surface area contributed by atoms with Crippen LogP contribution in [0, 0.1) is 23.7 Å². The van der Waals surface area contributed by atoms with Gasteiger partial charge in [-0.05, 0) is 42.3 Å². The van der Waals surface area contributed by atoms with Gasteiger partial charge in [-0.15, -0.1) is 11.3 Å². The topological polar surface area (TPSA) is 62.9 Å². The molecule has 0 amide bonds. The van der Waals surface area contributed by atoms with Crippen LogP contribution in [0.4, 0.5) is 0 Å². The minimum absolute atomic E-state index is 0.00306. The lowest BCUT2D eigenvalue weighted by Gasteiger charge is -2.15. The summed E-state index contributed by atoms with van der Waals surface area (Å²) in [6, 6.07) is 17.1. The first-order chi connectivity index (χ1) is 14.1. The van der Waals surface area contributed by atoms with Crippen molar-refractivity contribution in [2.75, 3.05) is 0 Å². The van der Waals surface area contributed by atoms with Gasteiger partial charge < -0.3 is 0 Å². The third kappa shape index (κ3) is 4.38. The zero-order valence-electron chi connectivity index (χ0n) is 17.2. The average molecular weight is 481 g/mol. The molecule has 4 nitrogen and oxygen atoms in total. The quantitative estimate of drug-likeness (QED) is 0.566. The molecular formula is C24H21BrN2O2S. The number of hydrogen-bond acceptors (Lipinski definition) is 4. The summed E-state index contributed by atoms with van der Waals surface area (Å²) in [5.41, 5.74) is 1.43. The van der Waals surface area contributed by atoms with Gasteiger partial charge in [0.2, 0.25) is 0 Å². The molecule has 152 valence electrons. The normalized spacial score (nSPS) is 13.1. The Morgan fingerprint density at radius 1 is 1.13 bits per heavy atom. The van der Waals surface area contributed by atoms with Crippen LogP contribution in [-0.2, 0) is 4.79 Å². The molecule has 0 saturated heterocycles. The van der Waals surface area contributed by atoms with Crippen LogP contribution in [0.2, 0.25) is 0 Å². The minimum Gasteiger partial charge on any atom is -0.293 e. The van der Waals surface area contributed by atoms with Crippen LogP contribution in [-0.4, -0.2) is 10.4 Å². The van der Waals surface area contributed by atoms with E-state index in [2.05, 4.69) is 22.0 Å². The van der Waals surface area contributed by atoms with E-state index in [1.54, 1.807) is 26.8 Å². The number of rotatable bonds is 3. The molecule has 1 aromatic heterocycles. The van der Waals surface area contributed by atoms with Crippen molar-refractivity contribution < 1.29 is 4.79 Å². The monoisotopic (exact) mass is 480 g/mol. The second-order valence-electron chi connectivity index (χ2n) is 7.96. The van der Waals surface area contributed by atoms with Crippen LogP contribution in [0.1, 0.15) is 31.9 Å². The maximum absolute atomic E-state index is 13.4. The molecule has 0 radical (unpaired) electrons. The fourth-order valence-electron chi connectivity index (χ4n) is 2.96. The van der Waals surface area contributed by atoms with E-state index in [-0.39, 0.29) is 16.9 Å². The van der Waals surface area contributed by atoms with Gasteiger partial charge in [-0.1, -0.05) is 67.0 Å². The fourth-order valence-corrected chi connectivity index (χ4v) is 4.32. The van der Waals surface area contributed by atoms with Gasteiger partial charge >= 0.3 is 0 Å². The van der Waals surface area contributed by atoms with E-state index in [4.69, 9.17) is 0 Å². The van der Waals surface area contributed by atoms with Gasteiger partial charge in [0.1, 0.15) is 16.3 Å². The van der Waals surface area contributed by atoms with Crippen LogP contribution in [0.25, 0.3) is 17.3 Å². The smallest absolute Gasteiger partial charge is 0.273 e. The van der Waals surface area contributed by atoms with Crippen molar-refractivity contribution in [3.05, 3.63) is 83.7 Å². The molecule has 0 spiro atoms. The Morgan fingerprint density at radius 3 is 2.33 bits per heavy atom. The molecule has 0 bridgehead atoms. The van der Waals surface area contributed by atoms with E-state index >= 15 is 0 Å². The highest BCUT2D eigenvalue weighted by atomic mass is 79.9. The van der Waals surface area contributed by atoms with Crippen LogP contribution in [0.15, 0.2) is 57.8 Å². The molecule has 0 saturated carbocycles. The van der Waals surface area contributed by atoms with Crippen LogP contribution in [0.3, 0.4) is 0 Å². The lowest BCUT2D eigenvalue weighted by Crippen LogP contribution is -2.33. The number of aromatic nitrogens is 1. The van der Waals surface area contributed by atoms with Gasteiger partial charge in [0.05, 0.1) is 10.2 Å². The molecule has 0 atom stereocenters. The first-order valence-electron chi connectivity index (χ1n) is 9.38. The second-order valence-corrected chi connectivity index (χ2v) is 9.91. The van der Waals surface area contributed by atoms with Gasteiger partial charge in [-0.2, -0.15) is 5.26 Å². The number of nitrogens with zero attached hydrogens (tertiary/aromatic N) is 2. The summed E-state index contributed by atoms with van der Waals surface area (Å²) in [6.07, 6.45) is 1.79. The maximum Gasteiger partial charge on any atom is 0.273 e. The van der Waals surface area contributed by atoms with E-state index in [0.29, 0.717) is 14.9 Å². The Labute approximate surface area is 187 Å². The van der Waals surface area contributed by atoms with Gasteiger partial charge in [0.15, 0.2) is 5.78 Å². The van der Waals surface area contributed by atoms with E-state index in [1.807, 2.05) is 55.5 Å². The van der Waals surface area contributed by atoms with Crippen LogP contribution < -0.4 is 14.8 Å². The summed E-state index contributed by atoms with van der Waals surface area (Å²) in [7, 11) is 0. The van der Waals surface area contributed by atoms with Crippen molar-refractivity contribution in [3.8, 4) is 11.8 Å². The Hall–Kier alpha value is -2.75. The molecule has 6 heteroatoms. The number of carbonyl (C=O) groups is 1. The molecule has 0 aliphatic rings. The number of thiazole rings is 1. The third-order valence-electron chi connectivity index (χ3n) is 4.58. The highest BCUT2D eigenvalue weighted by molar-refractivity contribution is 9.10. The summed E-state index contributed by atoms with van der Waals surface area (Å²) in [5.74, 6) is -0.288. The van der Waals surface area contributed by atoms with Crippen LogP contribution in [0.5, 0.6) is 0 Å². The maximum atomic E-state index is 13.4. The third-order valence-corrected chi connectivity index (χ3v) is 6.20. The zero-order chi connectivity index (χ0) is 22.1. The lowest BCUT2D eigenvalue weighted by molar-refractivity contribution is -0.120. The fraction of sp³-hybridized carbons (Fsp3) is 0.208. The number of halogens is 1. The minimum atomic E-state index is -0.739. The van der Waals surface area contributed by atoms with Crippen molar-refractivity contribution in [2.24, 2.45) is 5.41 Å². The largest absolute Gasteiger partial charge is 0.293 e. The number of carbonyl (C=O) groups excluding carboxylic acids is 1. The zero-order valence-corrected chi connectivity index (χ0v) is 19.6. The van der Waals surface area contributed by atoms with E-state index in [1.165, 1.54) is 15.9 Å². The first kappa shape index (κ1) is 21.9. The highest BCUT2D eigenvalue weighted by Crippen LogP contribution is 2.20. The average Bonchev–Trinajstić information content (AvgIpc) is 3.00. The van der Waals surface area contributed by atoms with Crippen LogP contribution >= 0.6 is 27.3 Å². The summed E-state index contributed by atoms with van der Waals surface area (Å²) < 4.78 is 3.26. The van der Waals surface area contributed by atoms with E-state index in [9.17, 15) is 14.9 Å². The van der Waals surface area contributed by atoms with Crippen molar-refractivity contribution in [1.82, 2.24) is 4.57 Å². The second kappa shape index (κ2) is 8.55. The lowest BCUT2D eigenvalue weighted by atomic mass is 9.87. The highest BCUT2D eigenvalue weighted by Gasteiger charge is 2.27. The summed E-state index contributed by atoms with van der Waals surface area (Å²) in [4.78, 5) is 26.4. The first-order valence-corrected chi connectivity index (χ1v) is 11.0. The molecular weight excluding hydrogens is 460 g/mol.